The Morgan fingerprint density at radius 3 is 2.50 bits per heavy atom. The molecule has 2 aromatic heterocycles. The molecule has 124 valence electrons. The summed E-state index contributed by atoms with van der Waals surface area (Å²) in [5.41, 5.74) is 1.12. The second-order valence-electron chi connectivity index (χ2n) is 5.21. The monoisotopic (exact) mass is 329 g/mol. The van der Waals surface area contributed by atoms with Crippen molar-refractivity contribution in [2.75, 3.05) is 0 Å². The molecule has 0 fully saturated rings. The first-order valence-electron chi connectivity index (χ1n) is 7.33. The number of aliphatic hydroxyl groups is 2. The SMILES string of the molecule is C[C@@H](Oc1ccnn1-c1cc(C(O)O)ccn1)c1ccc(F)cc1. The van der Waals surface area contributed by atoms with E-state index in [9.17, 15) is 14.6 Å². The molecule has 0 aliphatic rings. The highest BCUT2D eigenvalue weighted by atomic mass is 19.1. The predicted octanol–water partition coefficient (Wildman–Crippen LogP) is 2.53. The van der Waals surface area contributed by atoms with Crippen molar-refractivity contribution < 1.29 is 19.3 Å². The fourth-order valence-electron chi connectivity index (χ4n) is 2.25. The van der Waals surface area contributed by atoms with E-state index in [1.165, 1.54) is 35.1 Å². The van der Waals surface area contributed by atoms with E-state index in [4.69, 9.17) is 4.74 Å². The summed E-state index contributed by atoms with van der Waals surface area (Å²) in [6, 6.07) is 10.7. The molecule has 0 saturated carbocycles. The Balaban J connectivity index is 1.85. The van der Waals surface area contributed by atoms with Gasteiger partial charge in [0.25, 0.3) is 0 Å². The van der Waals surface area contributed by atoms with Crippen LogP contribution in [0.4, 0.5) is 4.39 Å². The van der Waals surface area contributed by atoms with Crippen molar-refractivity contribution in [3.05, 3.63) is 71.8 Å². The second-order valence-corrected chi connectivity index (χ2v) is 5.21. The van der Waals surface area contributed by atoms with Crippen molar-refractivity contribution in [1.29, 1.82) is 0 Å². The number of ether oxygens (including phenoxy) is 1. The standard InChI is InChI=1S/C17H16FN3O3/c1-11(12-2-4-14(18)5-3-12)24-16-7-9-20-21(16)15-10-13(17(22)23)6-8-19-15/h2-11,17,22-23H,1H3/t11-/m1/s1. The smallest absolute Gasteiger partial charge is 0.218 e. The van der Waals surface area contributed by atoms with Crippen molar-refractivity contribution in [3.63, 3.8) is 0 Å². The molecular weight excluding hydrogens is 313 g/mol. The van der Waals surface area contributed by atoms with Gasteiger partial charge in [0.2, 0.25) is 5.88 Å². The van der Waals surface area contributed by atoms with Crippen LogP contribution in [0.3, 0.4) is 0 Å². The van der Waals surface area contributed by atoms with E-state index < -0.39 is 6.29 Å². The van der Waals surface area contributed by atoms with Crippen LogP contribution in [-0.4, -0.2) is 25.0 Å². The molecule has 3 aromatic rings. The zero-order valence-electron chi connectivity index (χ0n) is 12.9. The normalized spacial score (nSPS) is 12.4. The lowest BCUT2D eigenvalue weighted by Gasteiger charge is -2.16. The van der Waals surface area contributed by atoms with Crippen molar-refractivity contribution in [2.24, 2.45) is 0 Å². The number of benzene rings is 1. The van der Waals surface area contributed by atoms with Crippen molar-refractivity contribution in [2.45, 2.75) is 19.3 Å². The molecule has 0 saturated heterocycles. The van der Waals surface area contributed by atoms with E-state index in [1.807, 2.05) is 6.92 Å². The molecule has 0 radical (unpaired) electrons. The Morgan fingerprint density at radius 2 is 1.79 bits per heavy atom. The third-order valence-corrected chi connectivity index (χ3v) is 3.53. The quantitative estimate of drug-likeness (QED) is 0.703. The minimum atomic E-state index is -1.59. The summed E-state index contributed by atoms with van der Waals surface area (Å²) in [6.45, 7) is 1.84. The van der Waals surface area contributed by atoms with Gasteiger partial charge in [-0.05, 0) is 36.8 Å². The highest BCUT2D eigenvalue weighted by Gasteiger charge is 2.14. The number of pyridine rings is 1. The fourth-order valence-corrected chi connectivity index (χ4v) is 2.25. The van der Waals surface area contributed by atoms with Crippen molar-refractivity contribution in [3.8, 4) is 11.7 Å². The molecule has 7 heteroatoms. The summed E-state index contributed by atoms with van der Waals surface area (Å²) in [5, 5.41) is 22.7. The summed E-state index contributed by atoms with van der Waals surface area (Å²) in [7, 11) is 0. The van der Waals surface area contributed by atoms with Crippen LogP contribution in [0, 0.1) is 5.82 Å². The molecule has 0 aliphatic heterocycles. The minimum absolute atomic E-state index is 0.299. The first kappa shape index (κ1) is 16.1. The molecule has 2 heterocycles. The average Bonchev–Trinajstić information content (AvgIpc) is 3.03. The Hall–Kier alpha value is -2.77. The van der Waals surface area contributed by atoms with Crippen LogP contribution in [0.25, 0.3) is 5.82 Å². The van der Waals surface area contributed by atoms with Gasteiger partial charge < -0.3 is 14.9 Å². The zero-order chi connectivity index (χ0) is 17.1. The Morgan fingerprint density at radius 1 is 1.04 bits per heavy atom. The number of hydrogen-bond donors (Lipinski definition) is 2. The molecule has 2 N–H and O–H groups in total. The maximum atomic E-state index is 13.0. The van der Waals surface area contributed by atoms with E-state index in [0.717, 1.165) is 5.56 Å². The van der Waals surface area contributed by atoms with E-state index in [-0.39, 0.29) is 11.9 Å². The van der Waals surface area contributed by atoms with E-state index >= 15 is 0 Å². The number of rotatable bonds is 5. The van der Waals surface area contributed by atoms with Gasteiger partial charge in [0.15, 0.2) is 12.1 Å². The van der Waals surface area contributed by atoms with Gasteiger partial charge in [-0.2, -0.15) is 9.78 Å². The van der Waals surface area contributed by atoms with Crippen molar-refractivity contribution >= 4 is 0 Å². The molecule has 1 atom stereocenters. The lowest BCUT2D eigenvalue weighted by atomic mass is 10.1. The number of aromatic nitrogens is 3. The summed E-state index contributed by atoms with van der Waals surface area (Å²) in [5.74, 6) is 0.523. The van der Waals surface area contributed by atoms with Crippen LogP contribution in [0.5, 0.6) is 5.88 Å². The van der Waals surface area contributed by atoms with Gasteiger partial charge in [-0.25, -0.2) is 9.37 Å². The van der Waals surface area contributed by atoms with E-state index in [2.05, 4.69) is 10.1 Å². The molecule has 0 unspecified atom stereocenters. The van der Waals surface area contributed by atoms with Gasteiger partial charge in [0.1, 0.15) is 11.9 Å². The lowest BCUT2D eigenvalue weighted by Crippen LogP contribution is -2.09. The first-order valence-corrected chi connectivity index (χ1v) is 7.33. The van der Waals surface area contributed by atoms with E-state index in [0.29, 0.717) is 17.3 Å². The molecule has 0 amide bonds. The molecule has 1 aromatic carbocycles. The van der Waals surface area contributed by atoms with Gasteiger partial charge in [-0.1, -0.05) is 12.1 Å². The topological polar surface area (TPSA) is 80.4 Å². The molecular formula is C17H16FN3O3. The second kappa shape index (κ2) is 6.77. The van der Waals surface area contributed by atoms with E-state index in [1.54, 1.807) is 24.4 Å². The molecule has 0 spiro atoms. The highest BCUT2D eigenvalue weighted by molar-refractivity contribution is 5.32. The summed E-state index contributed by atoms with van der Waals surface area (Å²) in [4.78, 5) is 4.17. The largest absolute Gasteiger partial charge is 0.470 e. The van der Waals surface area contributed by atoms with Crippen LogP contribution in [0.15, 0.2) is 54.9 Å². The maximum Gasteiger partial charge on any atom is 0.218 e. The van der Waals surface area contributed by atoms with Gasteiger partial charge in [0, 0.05) is 17.8 Å². The highest BCUT2D eigenvalue weighted by Crippen LogP contribution is 2.24. The average molecular weight is 329 g/mol. The Kier molecular flexibility index (Phi) is 4.54. The maximum absolute atomic E-state index is 13.0. The van der Waals surface area contributed by atoms with Gasteiger partial charge in [0.05, 0.1) is 6.20 Å². The van der Waals surface area contributed by atoms with Gasteiger partial charge in [-0.15, -0.1) is 0 Å². The van der Waals surface area contributed by atoms with Gasteiger partial charge >= 0.3 is 0 Å². The third kappa shape index (κ3) is 3.42. The summed E-state index contributed by atoms with van der Waals surface area (Å²) >= 11 is 0. The van der Waals surface area contributed by atoms with Crippen LogP contribution < -0.4 is 4.74 Å². The Labute approximate surface area is 137 Å². The predicted molar refractivity (Wildman–Crippen MR) is 84.0 cm³/mol. The fraction of sp³-hybridized carbons (Fsp3) is 0.176. The Bertz CT molecular complexity index is 818. The molecule has 0 bridgehead atoms. The molecule has 6 nitrogen and oxygen atoms in total. The molecule has 3 rings (SSSR count). The number of aliphatic hydroxyl groups excluding tert-OH is 1. The summed E-state index contributed by atoms with van der Waals surface area (Å²) < 4.78 is 20.3. The minimum Gasteiger partial charge on any atom is -0.470 e. The van der Waals surface area contributed by atoms with Crippen LogP contribution in [0.1, 0.15) is 30.4 Å². The van der Waals surface area contributed by atoms with Crippen molar-refractivity contribution in [1.82, 2.24) is 14.8 Å². The number of halogens is 1. The lowest BCUT2D eigenvalue weighted by molar-refractivity contribution is -0.0425. The van der Waals surface area contributed by atoms with Gasteiger partial charge in [-0.3, -0.25) is 0 Å². The third-order valence-electron chi connectivity index (χ3n) is 3.53. The summed E-state index contributed by atoms with van der Waals surface area (Å²) in [6.07, 6.45) is 1.09. The zero-order valence-corrected chi connectivity index (χ0v) is 12.9. The van der Waals surface area contributed by atoms with Crippen LogP contribution in [0.2, 0.25) is 0 Å². The van der Waals surface area contributed by atoms with Crippen LogP contribution in [-0.2, 0) is 0 Å². The number of nitrogens with zero attached hydrogens (tertiary/aromatic N) is 3. The molecule has 24 heavy (non-hydrogen) atoms. The number of hydrogen-bond acceptors (Lipinski definition) is 5. The molecule has 0 aliphatic carbocycles. The van der Waals surface area contributed by atoms with Crippen LogP contribution >= 0.6 is 0 Å². The first-order chi connectivity index (χ1) is 11.5.